The Morgan fingerprint density at radius 3 is 2.15 bits per heavy atom. The standard InChI is InChI=1S/C15H28F3NS/c16-15(17,18)14-9-8-11-19(13-14)10-6-4-2-1-3-5-7-12-20/h14,20H,1-13H2. The van der Waals surface area contributed by atoms with Crippen LogP contribution in [0.5, 0.6) is 0 Å². The van der Waals surface area contributed by atoms with Gasteiger partial charge in [0.25, 0.3) is 0 Å². The first-order valence-corrected chi connectivity index (χ1v) is 8.57. The van der Waals surface area contributed by atoms with Crippen molar-refractivity contribution < 1.29 is 13.2 Å². The quantitative estimate of drug-likeness (QED) is 0.467. The Hall–Kier alpha value is 0.100. The lowest BCUT2D eigenvalue weighted by Crippen LogP contribution is -2.42. The molecule has 1 aliphatic heterocycles. The highest BCUT2D eigenvalue weighted by atomic mass is 32.1. The number of rotatable bonds is 9. The Labute approximate surface area is 126 Å². The molecule has 1 rings (SSSR count). The Morgan fingerprint density at radius 2 is 1.55 bits per heavy atom. The number of thiol groups is 1. The third-order valence-electron chi connectivity index (χ3n) is 4.10. The Morgan fingerprint density at radius 1 is 0.950 bits per heavy atom. The summed E-state index contributed by atoms with van der Waals surface area (Å²) in [5.74, 6) is -0.132. The molecule has 120 valence electrons. The number of nitrogens with zero attached hydrogens (tertiary/aromatic N) is 1. The van der Waals surface area contributed by atoms with E-state index >= 15 is 0 Å². The smallest absolute Gasteiger partial charge is 0.303 e. The predicted molar refractivity (Wildman–Crippen MR) is 81.4 cm³/mol. The molecular weight excluding hydrogens is 283 g/mol. The van der Waals surface area contributed by atoms with Crippen LogP contribution in [0.1, 0.15) is 57.8 Å². The van der Waals surface area contributed by atoms with Crippen LogP contribution in [0.25, 0.3) is 0 Å². The zero-order valence-corrected chi connectivity index (χ0v) is 13.2. The summed E-state index contributed by atoms with van der Waals surface area (Å²) in [5.41, 5.74) is 0. The molecule has 0 saturated carbocycles. The average molecular weight is 311 g/mol. The second kappa shape index (κ2) is 9.93. The molecule has 1 unspecified atom stereocenters. The minimum atomic E-state index is -4.01. The number of likely N-dealkylation sites (tertiary alicyclic amines) is 1. The van der Waals surface area contributed by atoms with Crippen molar-refractivity contribution in [3.63, 3.8) is 0 Å². The number of unbranched alkanes of at least 4 members (excludes halogenated alkanes) is 6. The Balaban J connectivity index is 2.01. The largest absolute Gasteiger partial charge is 0.393 e. The minimum Gasteiger partial charge on any atom is -0.303 e. The van der Waals surface area contributed by atoms with E-state index in [9.17, 15) is 13.2 Å². The number of hydrogen-bond donors (Lipinski definition) is 1. The number of alkyl halides is 3. The van der Waals surface area contributed by atoms with E-state index in [4.69, 9.17) is 0 Å². The van der Waals surface area contributed by atoms with Crippen LogP contribution in [0.2, 0.25) is 0 Å². The van der Waals surface area contributed by atoms with Crippen molar-refractivity contribution in [2.75, 3.05) is 25.4 Å². The lowest BCUT2D eigenvalue weighted by molar-refractivity contribution is -0.186. The highest BCUT2D eigenvalue weighted by molar-refractivity contribution is 7.80. The van der Waals surface area contributed by atoms with Crippen LogP contribution in [-0.2, 0) is 0 Å². The fourth-order valence-electron chi connectivity index (χ4n) is 2.86. The first-order valence-electron chi connectivity index (χ1n) is 7.94. The van der Waals surface area contributed by atoms with Gasteiger partial charge >= 0.3 is 6.18 Å². The van der Waals surface area contributed by atoms with Crippen LogP contribution in [0, 0.1) is 5.92 Å². The molecule has 0 bridgehead atoms. The summed E-state index contributed by atoms with van der Waals surface area (Å²) in [6.07, 6.45) is 5.34. The Kier molecular flexibility index (Phi) is 9.01. The zero-order valence-electron chi connectivity index (χ0n) is 12.3. The van der Waals surface area contributed by atoms with Gasteiger partial charge in [-0.05, 0) is 44.5 Å². The lowest BCUT2D eigenvalue weighted by atomic mass is 9.97. The first kappa shape index (κ1) is 18.1. The van der Waals surface area contributed by atoms with Crippen molar-refractivity contribution in [1.29, 1.82) is 0 Å². The van der Waals surface area contributed by atoms with Crippen molar-refractivity contribution in [3.05, 3.63) is 0 Å². The number of piperidine rings is 1. The molecule has 1 aliphatic rings. The van der Waals surface area contributed by atoms with Crippen LogP contribution < -0.4 is 0 Å². The van der Waals surface area contributed by atoms with Gasteiger partial charge in [-0.15, -0.1) is 0 Å². The summed E-state index contributed by atoms with van der Waals surface area (Å²) in [4.78, 5) is 2.00. The minimum absolute atomic E-state index is 0.214. The molecule has 0 N–H and O–H groups in total. The molecular formula is C15H28F3NS. The van der Waals surface area contributed by atoms with Gasteiger partial charge in [-0.3, -0.25) is 0 Å². The number of halogens is 3. The van der Waals surface area contributed by atoms with Crippen LogP contribution in [0.3, 0.4) is 0 Å². The van der Waals surface area contributed by atoms with E-state index in [0.717, 1.165) is 31.7 Å². The molecule has 0 aliphatic carbocycles. The maximum Gasteiger partial charge on any atom is 0.393 e. The van der Waals surface area contributed by atoms with Gasteiger partial charge in [-0.2, -0.15) is 25.8 Å². The Bertz CT molecular complexity index is 246. The summed E-state index contributed by atoms with van der Waals surface area (Å²) >= 11 is 4.18. The van der Waals surface area contributed by atoms with E-state index in [1.165, 1.54) is 32.1 Å². The van der Waals surface area contributed by atoms with Crippen LogP contribution in [0.4, 0.5) is 13.2 Å². The first-order chi connectivity index (χ1) is 9.54. The van der Waals surface area contributed by atoms with Crippen molar-refractivity contribution in [3.8, 4) is 0 Å². The van der Waals surface area contributed by atoms with E-state index in [1.54, 1.807) is 0 Å². The predicted octanol–water partition coefficient (Wildman–Crippen LogP) is 4.92. The van der Waals surface area contributed by atoms with Gasteiger partial charge in [0.05, 0.1) is 5.92 Å². The zero-order chi connectivity index (χ0) is 14.8. The second-order valence-electron chi connectivity index (χ2n) is 5.88. The van der Waals surface area contributed by atoms with Gasteiger partial charge < -0.3 is 4.90 Å². The topological polar surface area (TPSA) is 3.24 Å². The van der Waals surface area contributed by atoms with Crippen molar-refractivity contribution >= 4 is 12.6 Å². The molecule has 0 amide bonds. The van der Waals surface area contributed by atoms with Crippen LogP contribution >= 0.6 is 12.6 Å². The lowest BCUT2D eigenvalue weighted by Gasteiger charge is -2.33. The summed E-state index contributed by atoms with van der Waals surface area (Å²) in [5, 5.41) is 0. The van der Waals surface area contributed by atoms with Gasteiger partial charge in [0, 0.05) is 6.54 Å². The summed E-state index contributed by atoms with van der Waals surface area (Å²) in [6, 6.07) is 0. The summed E-state index contributed by atoms with van der Waals surface area (Å²) < 4.78 is 38.0. The molecule has 20 heavy (non-hydrogen) atoms. The molecule has 1 saturated heterocycles. The van der Waals surface area contributed by atoms with E-state index in [2.05, 4.69) is 12.6 Å². The third kappa shape index (κ3) is 7.77. The summed E-state index contributed by atoms with van der Waals surface area (Å²) in [6.45, 7) is 1.89. The van der Waals surface area contributed by atoms with E-state index in [-0.39, 0.29) is 6.54 Å². The van der Waals surface area contributed by atoms with Gasteiger partial charge in [0.1, 0.15) is 0 Å². The molecule has 0 spiro atoms. The fourth-order valence-corrected chi connectivity index (χ4v) is 3.08. The van der Waals surface area contributed by atoms with Crippen molar-refractivity contribution in [1.82, 2.24) is 4.90 Å². The molecule has 0 aromatic heterocycles. The van der Waals surface area contributed by atoms with Crippen LogP contribution in [-0.4, -0.2) is 36.5 Å². The van der Waals surface area contributed by atoms with Crippen LogP contribution in [0.15, 0.2) is 0 Å². The maximum absolute atomic E-state index is 12.7. The van der Waals surface area contributed by atoms with Crippen molar-refractivity contribution in [2.45, 2.75) is 64.0 Å². The molecule has 1 nitrogen and oxygen atoms in total. The second-order valence-corrected chi connectivity index (χ2v) is 6.33. The molecule has 1 fully saturated rings. The highest BCUT2D eigenvalue weighted by Gasteiger charge is 2.41. The molecule has 1 heterocycles. The molecule has 1 atom stereocenters. The van der Waals surface area contributed by atoms with Gasteiger partial charge in [0.2, 0.25) is 0 Å². The van der Waals surface area contributed by atoms with E-state index < -0.39 is 12.1 Å². The fraction of sp³-hybridized carbons (Fsp3) is 1.00. The molecule has 5 heteroatoms. The molecule has 0 aromatic carbocycles. The van der Waals surface area contributed by atoms with E-state index in [0.29, 0.717) is 12.8 Å². The summed E-state index contributed by atoms with van der Waals surface area (Å²) in [7, 11) is 0. The average Bonchev–Trinajstić information content (AvgIpc) is 2.41. The van der Waals surface area contributed by atoms with Gasteiger partial charge in [0.15, 0.2) is 0 Å². The normalized spacial score (nSPS) is 21.3. The van der Waals surface area contributed by atoms with Gasteiger partial charge in [-0.1, -0.05) is 32.1 Å². The third-order valence-corrected chi connectivity index (χ3v) is 4.42. The SMILES string of the molecule is FC(F)(F)C1CCCN(CCCCCCCCCS)C1. The van der Waals surface area contributed by atoms with Gasteiger partial charge in [-0.25, -0.2) is 0 Å². The monoisotopic (exact) mass is 311 g/mol. The van der Waals surface area contributed by atoms with Crippen molar-refractivity contribution in [2.24, 2.45) is 5.92 Å². The maximum atomic E-state index is 12.7. The highest BCUT2D eigenvalue weighted by Crippen LogP contribution is 2.33. The van der Waals surface area contributed by atoms with E-state index in [1.807, 2.05) is 4.90 Å². The number of hydrogen-bond acceptors (Lipinski definition) is 2. The molecule has 0 aromatic rings. The molecule has 0 radical (unpaired) electrons.